The van der Waals surface area contributed by atoms with Crippen molar-refractivity contribution in [2.45, 2.75) is 12.5 Å². The molecule has 2 atom stereocenters. The van der Waals surface area contributed by atoms with Gasteiger partial charge in [-0.3, -0.25) is 14.5 Å². The minimum absolute atomic E-state index is 0.476. The Bertz CT molecular complexity index is 378. The zero-order valence-corrected chi connectivity index (χ0v) is 8.95. The first-order valence-corrected chi connectivity index (χ1v) is 4.71. The third-order valence-electron chi connectivity index (χ3n) is 2.56. The SMILES string of the molecule is COC(=O)C1CC(=O)C(C(=O)O)CN1C(=O)O. The number of hydrogen-bond donors (Lipinski definition) is 2. The molecule has 0 radical (unpaired) electrons. The molecule has 0 bridgehead atoms. The van der Waals surface area contributed by atoms with Gasteiger partial charge in [0.05, 0.1) is 7.11 Å². The molecule has 1 amide bonds. The van der Waals surface area contributed by atoms with Crippen LogP contribution in [0.3, 0.4) is 0 Å². The number of esters is 1. The Labute approximate surface area is 95.8 Å². The number of aliphatic carboxylic acids is 1. The summed E-state index contributed by atoms with van der Waals surface area (Å²) < 4.78 is 4.37. The van der Waals surface area contributed by atoms with Gasteiger partial charge in [0.1, 0.15) is 12.0 Å². The van der Waals surface area contributed by atoms with Crippen LogP contribution >= 0.6 is 0 Å². The fourth-order valence-electron chi connectivity index (χ4n) is 1.64. The van der Waals surface area contributed by atoms with Crippen LogP contribution in [0.5, 0.6) is 0 Å². The average Bonchev–Trinajstić information content (AvgIpc) is 2.26. The third-order valence-corrected chi connectivity index (χ3v) is 2.56. The fraction of sp³-hybridized carbons (Fsp3) is 0.556. The molecule has 1 aliphatic heterocycles. The fourth-order valence-corrected chi connectivity index (χ4v) is 1.64. The lowest BCUT2D eigenvalue weighted by Crippen LogP contribution is -2.55. The summed E-state index contributed by atoms with van der Waals surface area (Å²) in [7, 11) is 1.07. The second-order valence-electron chi connectivity index (χ2n) is 3.54. The molecule has 0 saturated carbocycles. The van der Waals surface area contributed by atoms with Crippen molar-refractivity contribution in [3.8, 4) is 0 Å². The van der Waals surface area contributed by atoms with Gasteiger partial charge in [-0.2, -0.15) is 0 Å². The van der Waals surface area contributed by atoms with Gasteiger partial charge in [-0.15, -0.1) is 0 Å². The lowest BCUT2D eigenvalue weighted by Gasteiger charge is -2.33. The molecule has 1 saturated heterocycles. The van der Waals surface area contributed by atoms with E-state index in [9.17, 15) is 19.2 Å². The van der Waals surface area contributed by atoms with Gasteiger partial charge in [0, 0.05) is 13.0 Å². The van der Waals surface area contributed by atoms with Gasteiger partial charge < -0.3 is 14.9 Å². The molecule has 8 nitrogen and oxygen atoms in total. The summed E-state index contributed by atoms with van der Waals surface area (Å²) in [5.74, 6) is -4.37. The van der Waals surface area contributed by atoms with E-state index in [0.717, 1.165) is 7.11 Å². The summed E-state index contributed by atoms with van der Waals surface area (Å²) in [5, 5.41) is 17.6. The lowest BCUT2D eigenvalue weighted by molar-refractivity contribution is -0.157. The first-order valence-electron chi connectivity index (χ1n) is 4.71. The van der Waals surface area contributed by atoms with E-state index in [4.69, 9.17) is 10.2 Å². The molecule has 0 aromatic carbocycles. The zero-order valence-electron chi connectivity index (χ0n) is 8.95. The highest BCUT2D eigenvalue weighted by atomic mass is 16.5. The number of carbonyl (C=O) groups is 4. The molecule has 2 unspecified atom stereocenters. The van der Waals surface area contributed by atoms with E-state index >= 15 is 0 Å². The summed E-state index contributed by atoms with van der Waals surface area (Å²) in [5.41, 5.74) is 0. The Morgan fingerprint density at radius 3 is 2.35 bits per heavy atom. The second kappa shape index (κ2) is 4.81. The topological polar surface area (TPSA) is 121 Å². The number of piperidine rings is 1. The van der Waals surface area contributed by atoms with Crippen LogP contribution in [0.25, 0.3) is 0 Å². The molecule has 1 aliphatic rings. The molecule has 2 N–H and O–H groups in total. The Kier molecular flexibility index (Phi) is 3.66. The van der Waals surface area contributed by atoms with Crippen molar-refractivity contribution in [3.05, 3.63) is 0 Å². The van der Waals surface area contributed by atoms with Gasteiger partial charge in [-0.25, -0.2) is 9.59 Å². The normalized spacial score (nSPS) is 24.3. The molecule has 94 valence electrons. The van der Waals surface area contributed by atoms with Gasteiger partial charge in [-0.1, -0.05) is 0 Å². The summed E-state index contributed by atoms with van der Waals surface area (Å²) in [4.78, 5) is 44.9. The molecule has 1 heterocycles. The van der Waals surface area contributed by atoms with Crippen LogP contribution in [0.4, 0.5) is 4.79 Å². The van der Waals surface area contributed by atoms with Crippen molar-refractivity contribution < 1.29 is 34.1 Å². The van der Waals surface area contributed by atoms with Crippen LogP contribution in [0.1, 0.15) is 6.42 Å². The van der Waals surface area contributed by atoms with E-state index in [2.05, 4.69) is 4.74 Å². The molecular formula is C9H11NO7. The van der Waals surface area contributed by atoms with E-state index in [1.54, 1.807) is 0 Å². The van der Waals surface area contributed by atoms with Gasteiger partial charge in [-0.05, 0) is 0 Å². The van der Waals surface area contributed by atoms with Crippen molar-refractivity contribution in [2.24, 2.45) is 5.92 Å². The van der Waals surface area contributed by atoms with Crippen LogP contribution < -0.4 is 0 Å². The summed E-state index contributed by atoms with van der Waals surface area (Å²) >= 11 is 0. The number of nitrogens with zero attached hydrogens (tertiary/aromatic N) is 1. The lowest BCUT2D eigenvalue weighted by atomic mass is 9.91. The van der Waals surface area contributed by atoms with Gasteiger partial charge >= 0.3 is 18.0 Å². The largest absolute Gasteiger partial charge is 0.481 e. The van der Waals surface area contributed by atoms with Crippen molar-refractivity contribution in [2.75, 3.05) is 13.7 Å². The van der Waals surface area contributed by atoms with Crippen LogP contribution in [0.15, 0.2) is 0 Å². The van der Waals surface area contributed by atoms with E-state index in [0.29, 0.717) is 4.90 Å². The number of carbonyl (C=O) groups excluding carboxylic acids is 2. The Morgan fingerprint density at radius 1 is 1.35 bits per heavy atom. The van der Waals surface area contributed by atoms with Gasteiger partial charge in [0.15, 0.2) is 5.78 Å². The number of hydrogen-bond acceptors (Lipinski definition) is 5. The first-order chi connectivity index (χ1) is 7.88. The minimum Gasteiger partial charge on any atom is -0.481 e. The summed E-state index contributed by atoms with van der Waals surface area (Å²) in [6, 6.07) is -1.26. The number of rotatable bonds is 2. The minimum atomic E-state index is -1.46. The highest BCUT2D eigenvalue weighted by Crippen LogP contribution is 2.20. The molecule has 1 rings (SSSR count). The van der Waals surface area contributed by atoms with Gasteiger partial charge in [0.2, 0.25) is 0 Å². The summed E-state index contributed by atoms with van der Waals surface area (Å²) in [6.45, 7) is -0.538. The van der Waals surface area contributed by atoms with Crippen LogP contribution in [0, 0.1) is 5.92 Å². The molecule has 0 aliphatic carbocycles. The Hall–Kier alpha value is -2.12. The number of ether oxygens (including phenoxy) is 1. The molecule has 1 fully saturated rings. The maximum Gasteiger partial charge on any atom is 0.408 e. The monoisotopic (exact) mass is 245 g/mol. The Balaban J connectivity index is 2.95. The third kappa shape index (κ3) is 2.52. The molecule has 0 aromatic heterocycles. The first kappa shape index (κ1) is 12.9. The molecule has 0 spiro atoms. The smallest absolute Gasteiger partial charge is 0.408 e. The maximum atomic E-state index is 11.4. The van der Waals surface area contributed by atoms with Crippen LogP contribution in [-0.2, 0) is 19.1 Å². The predicted molar refractivity (Wildman–Crippen MR) is 51.3 cm³/mol. The second-order valence-corrected chi connectivity index (χ2v) is 3.54. The number of carboxylic acid groups (broad SMARTS) is 2. The van der Waals surface area contributed by atoms with Crippen molar-refractivity contribution in [1.29, 1.82) is 0 Å². The quantitative estimate of drug-likeness (QED) is 0.481. The van der Waals surface area contributed by atoms with E-state index in [1.165, 1.54) is 0 Å². The van der Waals surface area contributed by atoms with Crippen molar-refractivity contribution >= 4 is 23.8 Å². The van der Waals surface area contributed by atoms with Crippen molar-refractivity contribution in [3.63, 3.8) is 0 Å². The summed E-state index contributed by atoms with van der Waals surface area (Å²) in [6.07, 6.45) is -1.94. The molecular weight excluding hydrogens is 234 g/mol. The zero-order chi connectivity index (χ0) is 13.2. The predicted octanol–water partition coefficient (Wildman–Crippen LogP) is -0.818. The number of methoxy groups -OCH3 is 1. The molecule has 0 aromatic rings. The standard InChI is InChI=1S/C9H11NO7/c1-17-8(14)5-2-6(11)4(7(12)13)3-10(5)9(15)16/h4-5H,2-3H2,1H3,(H,12,13)(H,15,16). The maximum absolute atomic E-state index is 11.4. The van der Waals surface area contributed by atoms with Gasteiger partial charge in [0.25, 0.3) is 0 Å². The average molecular weight is 245 g/mol. The number of Topliss-reactive ketones (excluding diaryl/α,β-unsaturated/α-hetero) is 1. The van der Waals surface area contributed by atoms with E-state index < -0.39 is 48.7 Å². The van der Waals surface area contributed by atoms with Crippen LogP contribution in [-0.4, -0.2) is 58.6 Å². The van der Waals surface area contributed by atoms with Crippen molar-refractivity contribution in [1.82, 2.24) is 4.90 Å². The Morgan fingerprint density at radius 2 is 1.94 bits per heavy atom. The highest BCUT2D eigenvalue weighted by molar-refractivity contribution is 6.02. The highest BCUT2D eigenvalue weighted by Gasteiger charge is 2.44. The van der Waals surface area contributed by atoms with E-state index in [1.807, 2.05) is 0 Å². The number of likely N-dealkylation sites (tertiary alicyclic amines) is 1. The number of ketones is 1. The molecule has 8 heteroatoms. The van der Waals surface area contributed by atoms with Crippen LogP contribution in [0.2, 0.25) is 0 Å². The number of amides is 1. The molecule has 17 heavy (non-hydrogen) atoms. The van der Waals surface area contributed by atoms with E-state index in [-0.39, 0.29) is 0 Å². The number of carboxylic acids is 1.